The van der Waals surface area contributed by atoms with Gasteiger partial charge in [0.15, 0.2) is 0 Å². The summed E-state index contributed by atoms with van der Waals surface area (Å²) in [5.74, 6) is 1.19. The summed E-state index contributed by atoms with van der Waals surface area (Å²) in [5.41, 5.74) is 0. The Morgan fingerprint density at radius 2 is 2.45 bits per heavy atom. The predicted octanol–water partition coefficient (Wildman–Crippen LogP) is -0.316. The van der Waals surface area contributed by atoms with E-state index >= 15 is 0 Å². The molecule has 1 N–H and O–H groups in total. The van der Waals surface area contributed by atoms with Crippen molar-refractivity contribution in [3.8, 4) is 0 Å². The Bertz CT molecular complexity index is 181. The van der Waals surface area contributed by atoms with E-state index in [0.29, 0.717) is 11.8 Å². The lowest BCUT2D eigenvalue weighted by atomic mass is 9.88. The number of piperidine rings is 1. The number of fused-ring (bicyclic) bond motifs is 1. The molecule has 2 heterocycles. The van der Waals surface area contributed by atoms with Gasteiger partial charge in [-0.1, -0.05) is 0 Å². The molecule has 2 atom stereocenters. The molecule has 3 nitrogen and oxygen atoms in total. The van der Waals surface area contributed by atoms with Crippen molar-refractivity contribution in [2.75, 3.05) is 26.7 Å². The molecule has 0 spiro atoms. The topological polar surface area (TPSA) is 32.3 Å². The Kier molecular flexibility index (Phi) is 1.60. The van der Waals surface area contributed by atoms with Crippen LogP contribution in [0.4, 0.5) is 0 Å². The van der Waals surface area contributed by atoms with E-state index in [9.17, 15) is 4.79 Å². The van der Waals surface area contributed by atoms with E-state index in [1.165, 1.54) is 0 Å². The monoisotopic (exact) mass is 154 g/mol. The van der Waals surface area contributed by atoms with Crippen molar-refractivity contribution >= 4 is 5.91 Å². The molecule has 0 radical (unpaired) electrons. The third kappa shape index (κ3) is 1.13. The van der Waals surface area contributed by atoms with Crippen LogP contribution in [0, 0.1) is 11.8 Å². The lowest BCUT2D eigenvalue weighted by molar-refractivity contribution is -0.123. The molecular formula is C8H14N2O. The Balaban J connectivity index is 2.06. The maximum absolute atomic E-state index is 11.2. The minimum absolute atomic E-state index is 0.281. The maximum atomic E-state index is 11.2. The van der Waals surface area contributed by atoms with E-state index in [1.54, 1.807) is 0 Å². The average molecular weight is 154 g/mol. The largest absolute Gasteiger partial charge is 0.355 e. The molecule has 62 valence electrons. The zero-order valence-corrected chi connectivity index (χ0v) is 6.84. The van der Waals surface area contributed by atoms with E-state index < -0.39 is 0 Å². The minimum atomic E-state index is 0.281. The number of amides is 1. The molecule has 0 aromatic rings. The molecule has 0 aromatic heterocycles. The van der Waals surface area contributed by atoms with Gasteiger partial charge in [0.2, 0.25) is 5.91 Å². The summed E-state index contributed by atoms with van der Waals surface area (Å²) in [6, 6.07) is 0. The van der Waals surface area contributed by atoms with E-state index in [1.807, 2.05) is 0 Å². The van der Waals surface area contributed by atoms with Gasteiger partial charge in [-0.25, -0.2) is 0 Å². The van der Waals surface area contributed by atoms with E-state index in [2.05, 4.69) is 17.3 Å². The first-order valence-corrected chi connectivity index (χ1v) is 4.23. The fraction of sp³-hybridized carbons (Fsp3) is 0.875. The molecule has 2 aliphatic rings. The molecule has 11 heavy (non-hydrogen) atoms. The molecule has 0 aromatic carbocycles. The third-order valence-electron chi connectivity index (χ3n) is 2.81. The van der Waals surface area contributed by atoms with Gasteiger partial charge in [0.1, 0.15) is 0 Å². The van der Waals surface area contributed by atoms with Crippen LogP contribution >= 0.6 is 0 Å². The third-order valence-corrected chi connectivity index (χ3v) is 2.81. The van der Waals surface area contributed by atoms with Crippen molar-refractivity contribution < 1.29 is 4.79 Å². The Labute approximate surface area is 66.8 Å². The smallest absolute Gasteiger partial charge is 0.223 e. The van der Waals surface area contributed by atoms with Gasteiger partial charge >= 0.3 is 0 Å². The number of nitrogens with one attached hydrogen (secondary N) is 1. The average Bonchev–Trinajstić information content (AvgIpc) is 2.32. The summed E-state index contributed by atoms with van der Waals surface area (Å²) < 4.78 is 0. The highest BCUT2D eigenvalue weighted by Gasteiger charge is 2.37. The summed E-state index contributed by atoms with van der Waals surface area (Å²) >= 11 is 0. The Morgan fingerprint density at radius 3 is 3.27 bits per heavy atom. The van der Waals surface area contributed by atoms with Crippen LogP contribution in [0.1, 0.15) is 6.42 Å². The van der Waals surface area contributed by atoms with Gasteiger partial charge in [-0.2, -0.15) is 0 Å². The van der Waals surface area contributed by atoms with Crippen LogP contribution < -0.4 is 5.32 Å². The lowest BCUT2D eigenvalue weighted by Crippen LogP contribution is -2.38. The van der Waals surface area contributed by atoms with Crippen molar-refractivity contribution in [2.24, 2.45) is 11.8 Å². The molecule has 2 fully saturated rings. The number of hydrogen-bond donors (Lipinski definition) is 1. The van der Waals surface area contributed by atoms with Gasteiger partial charge in [-0.15, -0.1) is 0 Å². The van der Waals surface area contributed by atoms with Crippen molar-refractivity contribution in [1.82, 2.24) is 10.2 Å². The second-order valence-electron chi connectivity index (χ2n) is 3.66. The van der Waals surface area contributed by atoms with Gasteiger partial charge in [-0.3, -0.25) is 4.79 Å². The van der Waals surface area contributed by atoms with E-state index in [-0.39, 0.29) is 5.91 Å². The molecule has 3 heteroatoms. The summed E-state index contributed by atoms with van der Waals surface area (Å²) in [6.07, 6.45) is 1.05. The number of carbonyl (C=O) groups is 1. The summed E-state index contributed by atoms with van der Waals surface area (Å²) in [4.78, 5) is 13.5. The summed E-state index contributed by atoms with van der Waals surface area (Å²) in [5, 5.41) is 2.92. The number of hydrogen-bond acceptors (Lipinski definition) is 2. The van der Waals surface area contributed by atoms with Crippen LogP contribution in [0.15, 0.2) is 0 Å². The van der Waals surface area contributed by atoms with Gasteiger partial charge in [0.05, 0.1) is 0 Å². The molecule has 0 unspecified atom stereocenters. The zero-order valence-electron chi connectivity index (χ0n) is 6.84. The fourth-order valence-electron chi connectivity index (χ4n) is 2.13. The van der Waals surface area contributed by atoms with Crippen LogP contribution in [0.3, 0.4) is 0 Å². The van der Waals surface area contributed by atoms with Crippen molar-refractivity contribution in [3.63, 3.8) is 0 Å². The highest BCUT2D eigenvalue weighted by molar-refractivity contribution is 5.81. The van der Waals surface area contributed by atoms with Crippen LogP contribution in [-0.4, -0.2) is 37.5 Å². The quantitative estimate of drug-likeness (QED) is 0.519. The predicted molar refractivity (Wildman–Crippen MR) is 42.1 cm³/mol. The second-order valence-corrected chi connectivity index (χ2v) is 3.66. The standard InChI is InChI=1S/C8H14N2O/c1-10-3-2-7-6(5-10)4-9-8(7)11/h6-7H,2-5H2,1H3,(H,9,11)/t6-,7+/m0/s1. The Hall–Kier alpha value is -0.570. The number of carbonyl (C=O) groups excluding carboxylic acids is 1. The van der Waals surface area contributed by atoms with E-state index in [4.69, 9.17) is 0 Å². The summed E-state index contributed by atoms with van der Waals surface area (Å²) in [6.45, 7) is 3.06. The number of likely N-dealkylation sites (tertiary alicyclic amines) is 1. The Morgan fingerprint density at radius 1 is 1.64 bits per heavy atom. The van der Waals surface area contributed by atoms with Gasteiger partial charge in [0.25, 0.3) is 0 Å². The van der Waals surface area contributed by atoms with Gasteiger partial charge < -0.3 is 10.2 Å². The molecule has 0 saturated carbocycles. The molecule has 0 aliphatic carbocycles. The number of nitrogens with zero attached hydrogens (tertiary/aromatic N) is 1. The zero-order chi connectivity index (χ0) is 7.84. The molecular weight excluding hydrogens is 140 g/mol. The second kappa shape index (κ2) is 2.48. The maximum Gasteiger partial charge on any atom is 0.223 e. The normalized spacial score (nSPS) is 38.5. The van der Waals surface area contributed by atoms with Crippen molar-refractivity contribution in [3.05, 3.63) is 0 Å². The van der Waals surface area contributed by atoms with Crippen molar-refractivity contribution in [1.29, 1.82) is 0 Å². The highest BCUT2D eigenvalue weighted by atomic mass is 16.2. The summed E-state index contributed by atoms with van der Waals surface area (Å²) in [7, 11) is 2.12. The van der Waals surface area contributed by atoms with Crippen molar-refractivity contribution in [2.45, 2.75) is 6.42 Å². The van der Waals surface area contributed by atoms with Gasteiger partial charge in [-0.05, 0) is 20.0 Å². The molecule has 2 rings (SSSR count). The van der Waals surface area contributed by atoms with Gasteiger partial charge in [0, 0.05) is 24.9 Å². The highest BCUT2D eigenvalue weighted by Crippen LogP contribution is 2.26. The lowest BCUT2D eigenvalue weighted by Gasteiger charge is -2.30. The first-order valence-electron chi connectivity index (χ1n) is 4.23. The first-order chi connectivity index (χ1) is 5.27. The molecule has 2 saturated heterocycles. The minimum Gasteiger partial charge on any atom is -0.355 e. The van der Waals surface area contributed by atoms with Crippen LogP contribution in [-0.2, 0) is 4.79 Å². The first kappa shape index (κ1) is 7.10. The number of rotatable bonds is 0. The molecule has 1 amide bonds. The SMILES string of the molecule is CN1CC[C@H]2C(=O)NC[C@H]2C1. The van der Waals surface area contributed by atoms with E-state index in [0.717, 1.165) is 26.1 Å². The molecule has 0 bridgehead atoms. The fourth-order valence-corrected chi connectivity index (χ4v) is 2.13. The molecule has 2 aliphatic heterocycles. The van der Waals surface area contributed by atoms with Crippen LogP contribution in [0.5, 0.6) is 0 Å². The van der Waals surface area contributed by atoms with Crippen LogP contribution in [0.25, 0.3) is 0 Å². The van der Waals surface area contributed by atoms with Crippen LogP contribution in [0.2, 0.25) is 0 Å².